The van der Waals surface area contributed by atoms with Gasteiger partial charge in [0.05, 0.1) is 12.3 Å². The molecule has 16 heavy (non-hydrogen) atoms. The molecule has 1 aromatic rings. The molecule has 1 aliphatic heterocycles. The van der Waals surface area contributed by atoms with Gasteiger partial charge in [-0.15, -0.1) is 0 Å². The van der Waals surface area contributed by atoms with E-state index < -0.39 is 0 Å². The highest BCUT2D eigenvalue weighted by molar-refractivity contribution is 5.04. The van der Waals surface area contributed by atoms with Crippen molar-refractivity contribution in [2.75, 3.05) is 19.6 Å². The highest BCUT2D eigenvalue weighted by Gasteiger charge is 2.23. The minimum atomic E-state index is 0.00694. The second kappa shape index (κ2) is 5.02. The molecule has 0 radical (unpaired) electrons. The van der Waals surface area contributed by atoms with Crippen LogP contribution in [0.1, 0.15) is 32.1 Å². The number of rotatable bonds is 3. The van der Waals surface area contributed by atoms with Crippen LogP contribution in [0.5, 0.6) is 0 Å². The van der Waals surface area contributed by atoms with E-state index in [4.69, 9.17) is 10.2 Å². The molecule has 0 aliphatic carbocycles. The zero-order chi connectivity index (χ0) is 11.5. The summed E-state index contributed by atoms with van der Waals surface area (Å²) in [5.41, 5.74) is 6.13. The molecular formula is C13H22N2O. The molecule has 0 aromatic carbocycles. The van der Waals surface area contributed by atoms with Gasteiger partial charge in [-0.05, 0) is 30.4 Å². The number of piperidine rings is 1. The Hall–Kier alpha value is -0.800. The van der Waals surface area contributed by atoms with E-state index in [9.17, 15) is 0 Å². The molecule has 3 atom stereocenters. The van der Waals surface area contributed by atoms with Crippen molar-refractivity contribution in [1.29, 1.82) is 0 Å². The predicted molar refractivity (Wildman–Crippen MR) is 65.0 cm³/mol. The Bertz CT molecular complexity index is 300. The minimum absolute atomic E-state index is 0.00694. The summed E-state index contributed by atoms with van der Waals surface area (Å²) in [6.45, 7) is 7.88. The minimum Gasteiger partial charge on any atom is -0.468 e. The van der Waals surface area contributed by atoms with Crippen molar-refractivity contribution in [2.45, 2.75) is 26.3 Å². The summed E-state index contributed by atoms with van der Waals surface area (Å²) in [6, 6.07) is 3.87. The van der Waals surface area contributed by atoms with Gasteiger partial charge in [0.1, 0.15) is 5.76 Å². The molecule has 1 aliphatic rings. The molecule has 0 bridgehead atoms. The monoisotopic (exact) mass is 222 g/mol. The number of hydrogen-bond acceptors (Lipinski definition) is 3. The third-order valence-electron chi connectivity index (χ3n) is 3.31. The van der Waals surface area contributed by atoms with Gasteiger partial charge in [-0.3, -0.25) is 0 Å². The Morgan fingerprint density at radius 3 is 2.69 bits per heavy atom. The van der Waals surface area contributed by atoms with Gasteiger partial charge in [0.2, 0.25) is 0 Å². The summed E-state index contributed by atoms with van der Waals surface area (Å²) in [7, 11) is 0. The molecule has 1 fully saturated rings. The van der Waals surface area contributed by atoms with Gasteiger partial charge in [0.15, 0.2) is 0 Å². The smallest absolute Gasteiger partial charge is 0.121 e. The maximum atomic E-state index is 6.13. The first-order valence-electron chi connectivity index (χ1n) is 6.16. The molecule has 0 saturated carbocycles. The number of nitrogens with two attached hydrogens (primary N) is 1. The summed E-state index contributed by atoms with van der Waals surface area (Å²) in [5.74, 6) is 2.46. The highest BCUT2D eigenvalue weighted by atomic mass is 16.3. The average molecular weight is 222 g/mol. The van der Waals surface area contributed by atoms with Crippen LogP contribution >= 0.6 is 0 Å². The lowest BCUT2D eigenvalue weighted by Crippen LogP contribution is -2.42. The van der Waals surface area contributed by atoms with Gasteiger partial charge in [-0.1, -0.05) is 13.8 Å². The first-order chi connectivity index (χ1) is 7.65. The van der Waals surface area contributed by atoms with Gasteiger partial charge in [0.25, 0.3) is 0 Å². The third kappa shape index (κ3) is 2.86. The Morgan fingerprint density at radius 1 is 1.44 bits per heavy atom. The fourth-order valence-corrected chi connectivity index (χ4v) is 2.81. The zero-order valence-electron chi connectivity index (χ0n) is 10.2. The summed E-state index contributed by atoms with van der Waals surface area (Å²) < 4.78 is 5.34. The number of nitrogens with zero attached hydrogens (tertiary/aromatic N) is 1. The van der Waals surface area contributed by atoms with E-state index in [0.717, 1.165) is 24.1 Å². The average Bonchev–Trinajstić information content (AvgIpc) is 2.68. The molecule has 1 saturated heterocycles. The van der Waals surface area contributed by atoms with E-state index in [1.54, 1.807) is 6.26 Å². The fraction of sp³-hybridized carbons (Fsp3) is 0.692. The largest absolute Gasteiger partial charge is 0.468 e. The summed E-state index contributed by atoms with van der Waals surface area (Å²) in [4.78, 5) is 2.46. The van der Waals surface area contributed by atoms with Crippen molar-refractivity contribution in [2.24, 2.45) is 17.6 Å². The second-order valence-electron chi connectivity index (χ2n) is 5.29. The molecule has 2 N–H and O–H groups in total. The Labute approximate surface area is 97.6 Å². The first kappa shape index (κ1) is 11.7. The number of likely N-dealkylation sites (tertiary alicyclic amines) is 1. The van der Waals surface area contributed by atoms with Gasteiger partial charge in [-0.25, -0.2) is 0 Å². The Morgan fingerprint density at radius 2 is 2.12 bits per heavy atom. The van der Waals surface area contributed by atoms with Crippen molar-refractivity contribution in [3.05, 3.63) is 24.2 Å². The number of furan rings is 1. The molecule has 3 nitrogen and oxygen atoms in total. The molecule has 2 heterocycles. The Kier molecular flexibility index (Phi) is 3.66. The standard InChI is InChI=1S/C13H22N2O/c1-10-6-11(2)8-15(7-10)9-12(14)13-4-3-5-16-13/h3-5,10-12H,6-9,14H2,1-2H3. The first-order valence-corrected chi connectivity index (χ1v) is 6.16. The van der Waals surface area contributed by atoms with Crippen molar-refractivity contribution in [3.63, 3.8) is 0 Å². The van der Waals surface area contributed by atoms with Gasteiger partial charge >= 0.3 is 0 Å². The van der Waals surface area contributed by atoms with E-state index in [0.29, 0.717) is 0 Å². The summed E-state index contributed by atoms with van der Waals surface area (Å²) in [5, 5.41) is 0. The summed E-state index contributed by atoms with van der Waals surface area (Å²) >= 11 is 0. The fourth-order valence-electron chi connectivity index (χ4n) is 2.81. The van der Waals surface area contributed by atoms with Crippen LogP contribution in [0.2, 0.25) is 0 Å². The third-order valence-corrected chi connectivity index (χ3v) is 3.31. The van der Waals surface area contributed by atoms with Crippen LogP contribution in [-0.2, 0) is 0 Å². The molecular weight excluding hydrogens is 200 g/mol. The van der Waals surface area contributed by atoms with E-state index in [1.165, 1.54) is 19.5 Å². The highest BCUT2D eigenvalue weighted by Crippen LogP contribution is 2.22. The van der Waals surface area contributed by atoms with E-state index in [-0.39, 0.29) is 6.04 Å². The normalized spacial score (nSPS) is 29.2. The van der Waals surface area contributed by atoms with Crippen LogP contribution in [0.4, 0.5) is 0 Å². The van der Waals surface area contributed by atoms with Crippen LogP contribution in [0.3, 0.4) is 0 Å². The Balaban J connectivity index is 1.89. The second-order valence-corrected chi connectivity index (χ2v) is 5.29. The SMILES string of the molecule is CC1CC(C)CN(CC(N)c2ccco2)C1. The molecule has 0 spiro atoms. The topological polar surface area (TPSA) is 42.4 Å². The molecule has 2 rings (SSSR count). The quantitative estimate of drug-likeness (QED) is 0.853. The maximum Gasteiger partial charge on any atom is 0.121 e. The zero-order valence-corrected chi connectivity index (χ0v) is 10.2. The van der Waals surface area contributed by atoms with E-state index in [1.807, 2.05) is 12.1 Å². The van der Waals surface area contributed by atoms with Gasteiger partial charge in [0, 0.05) is 19.6 Å². The lowest BCUT2D eigenvalue weighted by atomic mass is 9.91. The molecule has 90 valence electrons. The lowest BCUT2D eigenvalue weighted by molar-refractivity contribution is 0.131. The van der Waals surface area contributed by atoms with Crippen molar-refractivity contribution >= 4 is 0 Å². The lowest BCUT2D eigenvalue weighted by Gasteiger charge is -2.35. The molecule has 3 heteroatoms. The predicted octanol–water partition coefficient (Wildman–Crippen LogP) is 2.26. The number of hydrogen-bond donors (Lipinski definition) is 1. The van der Waals surface area contributed by atoms with E-state index in [2.05, 4.69) is 18.7 Å². The molecule has 3 unspecified atom stereocenters. The summed E-state index contributed by atoms with van der Waals surface area (Å²) in [6.07, 6.45) is 3.03. The van der Waals surface area contributed by atoms with Crippen LogP contribution in [0.25, 0.3) is 0 Å². The molecule has 0 amide bonds. The van der Waals surface area contributed by atoms with Crippen LogP contribution in [0.15, 0.2) is 22.8 Å². The van der Waals surface area contributed by atoms with Crippen LogP contribution in [0, 0.1) is 11.8 Å². The maximum absolute atomic E-state index is 6.13. The van der Waals surface area contributed by atoms with E-state index >= 15 is 0 Å². The van der Waals surface area contributed by atoms with Gasteiger partial charge < -0.3 is 15.1 Å². The van der Waals surface area contributed by atoms with Crippen LogP contribution < -0.4 is 5.73 Å². The van der Waals surface area contributed by atoms with Crippen LogP contribution in [-0.4, -0.2) is 24.5 Å². The van der Waals surface area contributed by atoms with Crippen molar-refractivity contribution in [3.8, 4) is 0 Å². The van der Waals surface area contributed by atoms with Crippen molar-refractivity contribution in [1.82, 2.24) is 4.90 Å². The van der Waals surface area contributed by atoms with Gasteiger partial charge in [-0.2, -0.15) is 0 Å². The molecule has 1 aromatic heterocycles. The van der Waals surface area contributed by atoms with Crippen molar-refractivity contribution < 1.29 is 4.42 Å².